The van der Waals surface area contributed by atoms with E-state index in [1.807, 2.05) is 30.3 Å². The number of anilines is 1. The smallest absolute Gasteiger partial charge is 0.340 e. The molecule has 3 aromatic rings. The topological polar surface area (TPSA) is 187 Å². The van der Waals surface area contributed by atoms with Gasteiger partial charge in [-0.3, -0.25) is 13.7 Å². The van der Waals surface area contributed by atoms with Crippen molar-refractivity contribution in [2.45, 2.75) is 50.7 Å². The molecule has 0 bridgehead atoms. The zero-order chi connectivity index (χ0) is 27.3. The molecular formula is C21H26ClN5O9P2. The minimum Gasteiger partial charge on any atom is -0.364 e. The van der Waals surface area contributed by atoms with Crippen LogP contribution in [0.2, 0.25) is 5.28 Å². The van der Waals surface area contributed by atoms with Gasteiger partial charge in [-0.15, -0.1) is 0 Å². The van der Waals surface area contributed by atoms with Crippen LogP contribution in [0.1, 0.15) is 25.6 Å². The maximum atomic E-state index is 12.2. The number of rotatable bonds is 9. The molecule has 2 fully saturated rings. The lowest BCUT2D eigenvalue weighted by atomic mass is 10.1. The van der Waals surface area contributed by atoms with Crippen molar-refractivity contribution in [3.05, 3.63) is 47.5 Å². The summed E-state index contributed by atoms with van der Waals surface area (Å²) in [6.07, 6.45) is -1.67. The zero-order valence-electron chi connectivity index (χ0n) is 20.2. The molecule has 0 spiro atoms. The molecule has 2 aromatic heterocycles. The van der Waals surface area contributed by atoms with Gasteiger partial charge in [0.05, 0.1) is 12.9 Å². The van der Waals surface area contributed by atoms with Crippen molar-refractivity contribution in [3.8, 4) is 0 Å². The molecule has 206 valence electrons. The summed E-state index contributed by atoms with van der Waals surface area (Å²) >= 11 is 6.24. The molecule has 0 saturated carbocycles. The lowest BCUT2D eigenvalue weighted by Crippen LogP contribution is -2.32. The van der Waals surface area contributed by atoms with Crippen LogP contribution in [0.4, 0.5) is 5.82 Å². The van der Waals surface area contributed by atoms with Gasteiger partial charge in [0.1, 0.15) is 18.3 Å². The number of imidazole rings is 1. The van der Waals surface area contributed by atoms with Gasteiger partial charge in [-0.2, -0.15) is 9.97 Å². The van der Waals surface area contributed by atoms with Crippen LogP contribution in [0.15, 0.2) is 36.7 Å². The van der Waals surface area contributed by atoms with Gasteiger partial charge in [-0.1, -0.05) is 30.3 Å². The molecule has 38 heavy (non-hydrogen) atoms. The number of aromatic nitrogens is 4. The number of ether oxygens (including phenoxy) is 3. The minimum atomic E-state index is -4.79. The van der Waals surface area contributed by atoms with Crippen molar-refractivity contribution in [1.29, 1.82) is 0 Å². The van der Waals surface area contributed by atoms with Crippen LogP contribution in [0.3, 0.4) is 0 Å². The Morgan fingerprint density at radius 1 is 1.13 bits per heavy atom. The molecule has 5 rings (SSSR count). The Bertz CT molecular complexity index is 1420. The maximum Gasteiger partial charge on any atom is 0.340 e. The molecule has 1 aromatic carbocycles. The monoisotopic (exact) mass is 589 g/mol. The molecule has 2 aliphatic rings. The summed E-state index contributed by atoms with van der Waals surface area (Å²) in [5.74, 6) is -1.90. The highest BCUT2D eigenvalue weighted by atomic mass is 35.5. The van der Waals surface area contributed by atoms with Crippen LogP contribution < -0.4 is 5.32 Å². The SMILES string of the molecule is CC1(C)OC2C(COP(=O)(O)CP(=O)(O)O)OC(n3cnc4c(NCc5ccccc5)nc(Cl)nc43)C2O1. The number of benzene rings is 1. The van der Waals surface area contributed by atoms with E-state index in [1.54, 1.807) is 18.4 Å². The molecule has 0 amide bonds. The first kappa shape index (κ1) is 27.6. The van der Waals surface area contributed by atoms with Gasteiger partial charge in [0.15, 0.2) is 34.9 Å². The van der Waals surface area contributed by atoms with Gasteiger partial charge in [0, 0.05) is 6.54 Å². The van der Waals surface area contributed by atoms with E-state index >= 15 is 0 Å². The van der Waals surface area contributed by atoms with Gasteiger partial charge in [-0.25, -0.2) is 4.98 Å². The molecule has 2 aliphatic heterocycles. The highest BCUT2D eigenvalue weighted by Crippen LogP contribution is 2.56. The van der Waals surface area contributed by atoms with Crippen molar-refractivity contribution < 1.29 is 42.5 Å². The van der Waals surface area contributed by atoms with E-state index in [9.17, 15) is 14.0 Å². The Labute approximate surface area is 222 Å². The number of halogens is 1. The average Bonchev–Trinajstić information content (AvgIpc) is 3.46. The predicted molar refractivity (Wildman–Crippen MR) is 135 cm³/mol. The largest absolute Gasteiger partial charge is 0.364 e. The third-order valence-corrected chi connectivity index (χ3v) is 9.52. The molecule has 14 nitrogen and oxygen atoms in total. The van der Waals surface area contributed by atoms with E-state index in [0.717, 1.165) is 5.56 Å². The number of nitrogens with zero attached hydrogens (tertiary/aromatic N) is 4. The first-order valence-electron chi connectivity index (χ1n) is 11.5. The Kier molecular flexibility index (Phi) is 7.42. The zero-order valence-corrected chi connectivity index (χ0v) is 22.8. The number of hydrogen-bond donors (Lipinski definition) is 4. The highest BCUT2D eigenvalue weighted by Gasteiger charge is 2.56. The molecule has 17 heteroatoms. The van der Waals surface area contributed by atoms with Crippen molar-refractivity contribution >= 4 is 43.8 Å². The fourth-order valence-electron chi connectivity index (χ4n) is 4.46. The summed E-state index contributed by atoms with van der Waals surface area (Å²) in [5, 5.41) is 3.20. The quantitative estimate of drug-likeness (QED) is 0.211. The van der Waals surface area contributed by atoms with Crippen LogP contribution in [-0.4, -0.2) is 70.8 Å². The molecule has 5 atom stereocenters. The molecular weight excluding hydrogens is 564 g/mol. The van der Waals surface area contributed by atoms with Crippen LogP contribution in [-0.2, 0) is 34.4 Å². The summed E-state index contributed by atoms with van der Waals surface area (Å²) in [4.78, 5) is 41.1. The Hall–Kier alpha value is -1.96. The number of fused-ring (bicyclic) bond motifs is 2. The van der Waals surface area contributed by atoms with Gasteiger partial charge in [-0.05, 0) is 31.0 Å². The number of nitrogens with one attached hydrogen (secondary N) is 1. The fraction of sp³-hybridized carbons (Fsp3) is 0.476. The van der Waals surface area contributed by atoms with Crippen LogP contribution in [0.25, 0.3) is 11.2 Å². The summed E-state index contributed by atoms with van der Waals surface area (Å²) in [5.41, 5.74) is 1.82. The van der Waals surface area contributed by atoms with Crippen LogP contribution >= 0.6 is 26.8 Å². The van der Waals surface area contributed by atoms with E-state index in [1.165, 1.54) is 6.33 Å². The van der Waals surface area contributed by atoms with Crippen molar-refractivity contribution in [2.24, 2.45) is 0 Å². The predicted octanol–water partition coefficient (Wildman–Crippen LogP) is 2.85. The third-order valence-electron chi connectivity index (χ3n) is 5.90. The van der Waals surface area contributed by atoms with E-state index in [0.29, 0.717) is 23.5 Å². The molecule has 0 radical (unpaired) electrons. The molecule has 4 N–H and O–H groups in total. The summed E-state index contributed by atoms with van der Waals surface area (Å²) in [6.45, 7) is 3.42. The minimum absolute atomic E-state index is 0.0215. The lowest BCUT2D eigenvalue weighted by molar-refractivity contribution is -0.199. The normalized spacial score (nSPS) is 26.4. The Morgan fingerprint density at radius 2 is 1.84 bits per heavy atom. The fourth-order valence-corrected chi connectivity index (χ4v) is 7.20. The second-order valence-electron chi connectivity index (χ2n) is 9.37. The molecule has 4 heterocycles. The van der Waals surface area contributed by atoms with Crippen molar-refractivity contribution in [2.75, 3.05) is 17.8 Å². The summed E-state index contributed by atoms with van der Waals surface area (Å²) in [7, 11) is -9.39. The second kappa shape index (κ2) is 10.2. The standard InChI is InChI=1S/C21H26ClN5O9P2/c1-21(2)35-15-13(9-33-38(31,32)11-37(28,29)30)34-19(16(15)36-21)27-10-24-14-17(25-20(22)26-18(14)27)23-8-12-6-4-3-5-7-12/h3-7,10,13,15-16,19H,8-9,11H2,1-2H3,(H,31,32)(H,23,25,26)(H2,28,29,30). The van der Waals surface area contributed by atoms with Crippen LogP contribution in [0, 0.1) is 0 Å². The van der Waals surface area contributed by atoms with Crippen molar-refractivity contribution in [1.82, 2.24) is 19.5 Å². The summed E-state index contributed by atoms with van der Waals surface area (Å²) in [6, 6.07) is 9.70. The van der Waals surface area contributed by atoms with E-state index in [-0.39, 0.29) is 5.28 Å². The molecule has 2 saturated heterocycles. The average molecular weight is 590 g/mol. The second-order valence-corrected chi connectivity index (χ2v) is 13.7. The van der Waals surface area contributed by atoms with Gasteiger partial charge in [0.25, 0.3) is 0 Å². The first-order valence-corrected chi connectivity index (χ1v) is 15.4. The van der Waals surface area contributed by atoms with Gasteiger partial charge in [0.2, 0.25) is 5.28 Å². The van der Waals surface area contributed by atoms with Gasteiger partial charge >= 0.3 is 15.2 Å². The molecule has 0 aliphatic carbocycles. The number of hydrogen-bond acceptors (Lipinski definition) is 10. The highest BCUT2D eigenvalue weighted by molar-refractivity contribution is 7.70. The summed E-state index contributed by atoms with van der Waals surface area (Å²) < 4.78 is 48.1. The third kappa shape index (κ3) is 6.10. The molecule has 5 unspecified atom stereocenters. The van der Waals surface area contributed by atoms with Crippen molar-refractivity contribution in [3.63, 3.8) is 0 Å². The van der Waals surface area contributed by atoms with Crippen LogP contribution in [0.5, 0.6) is 0 Å². The van der Waals surface area contributed by atoms with Gasteiger partial charge < -0.3 is 38.7 Å². The Morgan fingerprint density at radius 3 is 2.55 bits per heavy atom. The van der Waals surface area contributed by atoms with E-state index < -0.39 is 58.0 Å². The first-order chi connectivity index (χ1) is 17.8. The maximum absolute atomic E-state index is 12.2. The lowest BCUT2D eigenvalue weighted by Gasteiger charge is -2.25. The van der Waals surface area contributed by atoms with E-state index in [2.05, 4.69) is 20.3 Å². The Balaban J connectivity index is 1.40. The van der Waals surface area contributed by atoms with E-state index in [4.69, 9.17) is 40.1 Å².